The highest BCUT2D eigenvalue weighted by Gasteiger charge is 2.23. The Morgan fingerprint density at radius 1 is 1.44 bits per heavy atom. The van der Waals surface area contributed by atoms with Crippen LogP contribution in [0.4, 0.5) is 10.1 Å². The van der Waals surface area contributed by atoms with Crippen LogP contribution in [0.5, 0.6) is 0 Å². The van der Waals surface area contributed by atoms with Crippen LogP contribution >= 0.6 is 15.9 Å². The van der Waals surface area contributed by atoms with Gasteiger partial charge in [0.05, 0.1) is 22.6 Å². The van der Waals surface area contributed by atoms with E-state index >= 15 is 0 Å². The number of hydrogen-bond donors (Lipinski definition) is 1. The van der Waals surface area contributed by atoms with Crippen LogP contribution in [0.25, 0.3) is 0 Å². The van der Waals surface area contributed by atoms with Crippen molar-refractivity contribution in [3.63, 3.8) is 0 Å². The number of amides is 1. The molecule has 0 aliphatic heterocycles. The number of hydrogen-bond acceptors (Lipinski definition) is 5. The number of rotatable bonds is 6. The highest BCUT2D eigenvalue weighted by atomic mass is 79.9. The minimum Gasteiger partial charge on any atom is -0.459 e. The van der Waals surface area contributed by atoms with Crippen LogP contribution in [0.3, 0.4) is 0 Å². The third-order valence-corrected chi connectivity index (χ3v) is 4.98. The molecular formula is C15H15BrFN3O4S. The second-order valence-electron chi connectivity index (χ2n) is 5.07. The van der Waals surface area contributed by atoms with Crippen LogP contribution in [-0.2, 0) is 14.8 Å². The number of benzene rings is 1. The van der Waals surface area contributed by atoms with E-state index in [4.69, 9.17) is 4.42 Å². The summed E-state index contributed by atoms with van der Waals surface area (Å²) in [5, 5.41) is 3.69. The molecule has 2 rings (SSSR count). The van der Waals surface area contributed by atoms with Gasteiger partial charge in [-0.15, -0.1) is 0 Å². The molecule has 1 aromatic heterocycles. The van der Waals surface area contributed by atoms with Crippen molar-refractivity contribution in [2.75, 3.05) is 17.1 Å². The Hall–Kier alpha value is -2.20. The predicted octanol–water partition coefficient (Wildman–Crippen LogP) is 2.41. The van der Waals surface area contributed by atoms with E-state index in [9.17, 15) is 17.6 Å². The van der Waals surface area contributed by atoms with Crippen molar-refractivity contribution in [1.82, 2.24) is 5.43 Å². The van der Waals surface area contributed by atoms with E-state index in [2.05, 4.69) is 26.5 Å². The van der Waals surface area contributed by atoms with E-state index in [0.717, 1.165) is 16.8 Å². The van der Waals surface area contributed by atoms with Gasteiger partial charge in [0.25, 0.3) is 5.91 Å². The molecule has 1 aromatic carbocycles. The minimum atomic E-state index is -3.86. The highest BCUT2D eigenvalue weighted by Crippen LogP contribution is 2.21. The molecule has 7 nitrogen and oxygen atoms in total. The molecular weight excluding hydrogens is 417 g/mol. The molecule has 0 radical (unpaired) electrons. The lowest BCUT2D eigenvalue weighted by Gasteiger charge is -2.21. The van der Waals surface area contributed by atoms with Crippen LogP contribution in [0.1, 0.15) is 11.5 Å². The molecule has 0 aliphatic rings. The second-order valence-corrected chi connectivity index (χ2v) is 7.83. The molecule has 0 aliphatic carbocycles. The lowest BCUT2D eigenvalue weighted by atomic mass is 10.3. The summed E-state index contributed by atoms with van der Waals surface area (Å²) in [5.74, 6) is -0.429. The quantitative estimate of drug-likeness (QED) is 0.561. The predicted molar refractivity (Wildman–Crippen MR) is 95.5 cm³/mol. The average molecular weight is 432 g/mol. The fourth-order valence-electron chi connectivity index (χ4n) is 1.91. The SMILES string of the molecule is Cc1oc(C=NNC(=O)CN(c2ccccc2F)S(C)(=O)=O)cc1Br. The van der Waals surface area contributed by atoms with Crippen LogP contribution in [0.15, 0.2) is 44.3 Å². The van der Waals surface area contributed by atoms with Crippen molar-refractivity contribution in [1.29, 1.82) is 0 Å². The van der Waals surface area contributed by atoms with E-state index < -0.39 is 28.3 Å². The summed E-state index contributed by atoms with van der Waals surface area (Å²) in [6.45, 7) is 1.14. The van der Waals surface area contributed by atoms with Gasteiger partial charge >= 0.3 is 0 Å². The smallest absolute Gasteiger partial charge is 0.260 e. The maximum Gasteiger partial charge on any atom is 0.260 e. The maximum absolute atomic E-state index is 13.8. The molecule has 2 aromatic rings. The minimum absolute atomic E-state index is 0.213. The van der Waals surface area contributed by atoms with Crippen LogP contribution in [-0.4, -0.2) is 33.3 Å². The lowest BCUT2D eigenvalue weighted by Crippen LogP contribution is -2.39. The monoisotopic (exact) mass is 431 g/mol. The number of aryl methyl sites for hydroxylation is 1. The number of nitrogens with one attached hydrogen (secondary N) is 1. The summed E-state index contributed by atoms with van der Waals surface area (Å²) in [4.78, 5) is 12.0. The van der Waals surface area contributed by atoms with Gasteiger partial charge in [-0.25, -0.2) is 18.2 Å². The molecule has 1 heterocycles. The fourth-order valence-corrected chi connectivity index (χ4v) is 3.08. The number of nitrogens with zero attached hydrogens (tertiary/aromatic N) is 2. The number of carbonyl (C=O) groups excluding carboxylic acids is 1. The van der Waals surface area contributed by atoms with Gasteiger partial charge in [0, 0.05) is 6.07 Å². The van der Waals surface area contributed by atoms with Crippen molar-refractivity contribution in [2.45, 2.75) is 6.92 Å². The number of sulfonamides is 1. The van der Waals surface area contributed by atoms with E-state index in [1.807, 2.05) is 0 Å². The van der Waals surface area contributed by atoms with Gasteiger partial charge in [-0.1, -0.05) is 12.1 Å². The zero-order chi connectivity index (χ0) is 18.6. The largest absolute Gasteiger partial charge is 0.459 e. The highest BCUT2D eigenvalue weighted by molar-refractivity contribution is 9.10. The molecule has 25 heavy (non-hydrogen) atoms. The lowest BCUT2D eigenvalue weighted by molar-refractivity contribution is -0.119. The first-order chi connectivity index (χ1) is 11.7. The van der Waals surface area contributed by atoms with E-state index in [1.165, 1.54) is 24.4 Å². The molecule has 134 valence electrons. The normalized spacial score (nSPS) is 11.7. The first-order valence-electron chi connectivity index (χ1n) is 6.98. The van der Waals surface area contributed by atoms with E-state index in [-0.39, 0.29) is 5.69 Å². The molecule has 0 unspecified atom stereocenters. The summed E-state index contributed by atoms with van der Waals surface area (Å²) < 4.78 is 44.3. The number of halogens is 2. The Bertz CT molecular complexity index is 892. The maximum atomic E-state index is 13.8. The van der Waals surface area contributed by atoms with Gasteiger partial charge < -0.3 is 4.42 Å². The molecule has 0 bridgehead atoms. The number of furan rings is 1. The van der Waals surface area contributed by atoms with Gasteiger partial charge in [0.1, 0.15) is 23.9 Å². The standard InChI is InChI=1S/C15H15BrFN3O4S/c1-10-12(16)7-11(24-10)8-18-19-15(21)9-20(25(2,22)23)14-6-4-3-5-13(14)17/h3-8H,9H2,1-2H3,(H,19,21). The summed E-state index contributed by atoms with van der Waals surface area (Å²) in [6, 6.07) is 6.95. The van der Waals surface area contributed by atoms with Crippen molar-refractivity contribution in [3.8, 4) is 0 Å². The summed E-state index contributed by atoms with van der Waals surface area (Å²) >= 11 is 3.27. The van der Waals surface area contributed by atoms with Gasteiger partial charge in [-0.3, -0.25) is 9.10 Å². The molecule has 0 spiro atoms. The first-order valence-corrected chi connectivity index (χ1v) is 9.62. The Labute approximate surface area is 152 Å². The Morgan fingerprint density at radius 2 is 2.12 bits per heavy atom. The molecule has 0 fully saturated rings. The Morgan fingerprint density at radius 3 is 2.68 bits per heavy atom. The molecule has 1 N–H and O–H groups in total. The summed E-state index contributed by atoms with van der Waals surface area (Å²) in [6.07, 6.45) is 2.16. The van der Waals surface area contributed by atoms with Crippen LogP contribution < -0.4 is 9.73 Å². The third-order valence-electron chi connectivity index (χ3n) is 3.07. The van der Waals surface area contributed by atoms with Crippen LogP contribution in [0.2, 0.25) is 0 Å². The van der Waals surface area contributed by atoms with E-state index in [0.29, 0.717) is 15.8 Å². The average Bonchev–Trinajstić information content (AvgIpc) is 2.83. The van der Waals surface area contributed by atoms with Gasteiger partial charge in [-0.05, 0) is 35.0 Å². The number of anilines is 1. The zero-order valence-electron chi connectivity index (χ0n) is 13.4. The Balaban J connectivity index is 2.09. The van der Waals surface area contributed by atoms with Crippen LogP contribution in [0, 0.1) is 12.7 Å². The van der Waals surface area contributed by atoms with Crippen molar-refractivity contribution < 1.29 is 22.0 Å². The molecule has 0 saturated carbocycles. The van der Waals surface area contributed by atoms with Crippen molar-refractivity contribution in [2.24, 2.45) is 5.10 Å². The van der Waals surface area contributed by atoms with Crippen molar-refractivity contribution >= 4 is 43.8 Å². The Kier molecular flexibility index (Phi) is 5.96. The first kappa shape index (κ1) is 19.1. The van der Waals surface area contributed by atoms with E-state index in [1.54, 1.807) is 13.0 Å². The molecule has 10 heteroatoms. The zero-order valence-corrected chi connectivity index (χ0v) is 15.8. The second kappa shape index (κ2) is 7.79. The number of hydrazone groups is 1. The van der Waals surface area contributed by atoms with Gasteiger partial charge in [0.15, 0.2) is 0 Å². The summed E-state index contributed by atoms with van der Waals surface area (Å²) in [5.41, 5.74) is 1.97. The molecule has 0 saturated heterocycles. The number of para-hydroxylation sites is 1. The van der Waals surface area contributed by atoms with Gasteiger partial charge in [0.2, 0.25) is 10.0 Å². The fraction of sp³-hybridized carbons (Fsp3) is 0.200. The van der Waals surface area contributed by atoms with Crippen molar-refractivity contribution in [3.05, 3.63) is 52.1 Å². The number of carbonyl (C=O) groups is 1. The summed E-state index contributed by atoms with van der Waals surface area (Å²) in [7, 11) is -3.86. The van der Waals surface area contributed by atoms with Gasteiger partial charge in [-0.2, -0.15) is 5.10 Å². The molecule has 1 amide bonds. The topological polar surface area (TPSA) is 92.0 Å². The third kappa shape index (κ3) is 5.13. The molecule has 0 atom stereocenters.